The first-order valence-electron chi connectivity index (χ1n) is 6.45. The first-order valence-corrected chi connectivity index (χ1v) is 6.45. The lowest BCUT2D eigenvalue weighted by Gasteiger charge is -2.06. The fourth-order valence-corrected chi connectivity index (χ4v) is 2.29. The second kappa shape index (κ2) is 5.45. The van der Waals surface area contributed by atoms with E-state index in [1.807, 2.05) is 26.1 Å². The molecule has 1 heterocycles. The molecule has 2 rings (SSSR count). The molecule has 0 amide bonds. The van der Waals surface area contributed by atoms with Crippen LogP contribution in [0.2, 0.25) is 0 Å². The molecular weight excluding hydrogens is 238 g/mol. The molecule has 4 nitrogen and oxygen atoms in total. The van der Waals surface area contributed by atoms with Gasteiger partial charge in [0.2, 0.25) is 0 Å². The number of rotatable bonds is 4. The highest BCUT2D eigenvalue weighted by Crippen LogP contribution is 2.28. The third-order valence-electron chi connectivity index (χ3n) is 3.51. The number of hydrogen-bond donors (Lipinski definition) is 1. The molecular formula is C15H21N3O. The van der Waals surface area contributed by atoms with E-state index < -0.39 is 0 Å². The van der Waals surface area contributed by atoms with E-state index in [2.05, 4.69) is 17.6 Å². The molecule has 0 unspecified atom stereocenters. The maximum atomic E-state index is 5.62. The van der Waals surface area contributed by atoms with Crippen molar-refractivity contribution in [2.24, 2.45) is 12.8 Å². The Hall–Kier alpha value is -1.81. The van der Waals surface area contributed by atoms with Crippen LogP contribution in [0.25, 0.3) is 11.3 Å². The zero-order valence-corrected chi connectivity index (χ0v) is 12.0. The number of benzene rings is 1. The van der Waals surface area contributed by atoms with Crippen LogP contribution >= 0.6 is 0 Å². The van der Waals surface area contributed by atoms with Crippen LogP contribution in [0.3, 0.4) is 0 Å². The average Bonchev–Trinajstić information content (AvgIpc) is 2.67. The van der Waals surface area contributed by atoms with Crippen molar-refractivity contribution < 1.29 is 4.74 Å². The normalized spacial score (nSPS) is 10.8. The van der Waals surface area contributed by atoms with Crippen LogP contribution in [0.5, 0.6) is 5.75 Å². The Balaban J connectivity index is 2.47. The summed E-state index contributed by atoms with van der Waals surface area (Å²) in [7, 11) is 3.72. The third-order valence-corrected chi connectivity index (χ3v) is 3.51. The van der Waals surface area contributed by atoms with Gasteiger partial charge in [0.05, 0.1) is 12.8 Å². The number of ether oxygens (including phenoxy) is 1. The standard InChI is InChI=1S/C15H21N3O/c1-10-9-12(5-6-13(10)19-4)15-11(2)18(3)14(17-15)7-8-16/h5-6,9H,7-8,16H2,1-4H3. The van der Waals surface area contributed by atoms with Crippen molar-refractivity contribution in [1.82, 2.24) is 9.55 Å². The molecule has 19 heavy (non-hydrogen) atoms. The minimum Gasteiger partial charge on any atom is -0.496 e. The van der Waals surface area contributed by atoms with E-state index in [-0.39, 0.29) is 0 Å². The molecule has 0 spiro atoms. The zero-order chi connectivity index (χ0) is 14.0. The first-order chi connectivity index (χ1) is 9.08. The first kappa shape index (κ1) is 13.6. The highest BCUT2D eigenvalue weighted by molar-refractivity contribution is 5.64. The van der Waals surface area contributed by atoms with Gasteiger partial charge in [-0.05, 0) is 44.2 Å². The number of hydrogen-bond acceptors (Lipinski definition) is 3. The van der Waals surface area contributed by atoms with Gasteiger partial charge in [0.25, 0.3) is 0 Å². The number of imidazole rings is 1. The van der Waals surface area contributed by atoms with Crippen LogP contribution < -0.4 is 10.5 Å². The Morgan fingerprint density at radius 2 is 2.05 bits per heavy atom. The Labute approximate surface area is 114 Å². The van der Waals surface area contributed by atoms with Crippen molar-refractivity contribution in [2.45, 2.75) is 20.3 Å². The van der Waals surface area contributed by atoms with Crippen LogP contribution in [0.1, 0.15) is 17.1 Å². The van der Waals surface area contributed by atoms with Crippen molar-refractivity contribution in [3.05, 3.63) is 35.3 Å². The van der Waals surface area contributed by atoms with E-state index in [9.17, 15) is 0 Å². The fraction of sp³-hybridized carbons (Fsp3) is 0.400. The van der Waals surface area contributed by atoms with Crippen molar-refractivity contribution >= 4 is 0 Å². The van der Waals surface area contributed by atoms with Gasteiger partial charge in [-0.1, -0.05) is 0 Å². The Morgan fingerprint density at radius 3 is 2.63 bits per heavy atom. The van der Waals surface area contributed by atoms with Gasteiger partial charge in [-0.3, -0.25) is 0 Å². The molecule has 0 aliphatic heterocycles. The summed E-state index contributed by atoms with van der Waals surface area (Å²) in [5.74, 6) is 1.93. The molecule has 0 aliphatic carbocycles. The Bertz CT molecular complexity index is 587. The van der Waals surface area contributed by atoms with Gasteiger partial charge in [0, 0.05) is 24.7 Å². The maximum absolute atomic E-state index is 5.62. The second-order valence-corrected chi connectivity index (χ2v) is 4.74. The summed E-state index contributed by atoms with van der Waals surface area (Å²) in [4.78, 5) is 4.71. The summed E-state index contributed by atoms with van der Waals surface area (Å²) in [5.41, 5.74) is 10.0. The van der Waals surface area contributed by atoms with Crippen molar-refractivity contribution in [3.63, 3.8) is 0 Å². The topological polar surface area (TPSA) is 53.1 Å². The molecule has 0 saturated heterocycles. The minimum absolute atomic E-state index is 0.616. The Kier molecular flexibility index (Phi) is 3.90. The number of methoxy groups -OCH3 is 1. The van der Waals surface area contributed by atoms with Crippen LogP contribution in [0.15, 0.2) is 18.2 Å². The van der Waals surface area contributed by atoms with Gasteiger partial charge in [-0.25, -0.2) is 4.98 Å². The Morgan fingerprint density at radius 1 is 1.32 bits per heavy atom. The van der Waals surface area contributed by atoms with Crippen molar-refractivity contribution in [1.29, 1.82) is 0 Å². The molecule has 102 valence electrons. The van der Waals surface area contributed by atoms with Crippen LogP contribution in [0, 0.1) is 13.8 Å². The summed E-state index contributed by atoms with van der Waals surface area (Å²) < 4.78 is 7.40. The zero-order valence-electron chi connectivity index (χ0n) is 12.0. The van der Waals surface area contributed by atoms with E-state index in [4.69, 9.17) is 15.5 Å². The molecule has 0 fully saturated rings. The van der Waals surface area contributed by atoms with Crippen LogP contribution in [-0.4, -0.2) is 23.2 Å². The minimum atomic E-state index is 0.616. The molecule has 1 aromatic carbocycles. The van der Waals surface area contributed by atoms with E-state index >= 15 is 0 Å². The van der Waals surface area contributed by atoms with Crippen LogP contribution in [0.4, 0.5) is 0 Å². The van der Waals surface area contributed by atoms with E-state index in [0.717, 1.165) is 40.5 Å². The molecule has 0 aliphatic rings. The number of aromatic nitrogens is 2. The second-order valence-electron chi connectivity index (χ2n) is 4.74. The van der Waals surface area contributed by atoms with E-state index in [1.54, 1.807) is 7.11 Å². The lowest BCUT2D eigenvalue weighted by atomic mass is 10.1. The van der Waals surface area contributed by atoms with Gasteiger partial charge >= 0.3 is 0 Å². The fourth-order valence-electron chi connectivity index (χ4n) is 2.29. The summed E-state index contributed by atoms with van der Waals surface area (Å²) in [6.07, 6.45) is 0.798. The largest absolute Gasteiger partial charge is 0.496 e. The quantitative estimate of drug-likeness (QED) is 0.916. The third kappa shape index (κ3) is 2.49. The van der Waals surface area contributed by atoms with Crippen molar-refractivity contribution in [2.75, 3.05) is 13.7 Å². The van der Waals surface area contributed by atoms with Crippen molar-refractivity contribution in [3.8, 4) is 17.0 Å². The predicted octanol–water partition coefficient (Wildman–Crippen LogP) is 2.21. The van der Waals surface area contributed by atoms with Gasteiger partial charge in [0.15, 0.2) is 0 Å². The lowest BCUT2D eigenvalue weighted by molar-refractivity contribution is 0.412. The van der Waals surface area contributed by atoms with Gasteiger partial charge in [-0.2, -0.15) is 0 Å². The molecule has 0 bridgehead atoms. The van der Waals surface area contributed by atoms with E-state index in [0.29, 0.717) is 6.54 Å². The molecule has 1 aromatic heterocycles. The molecule has 2 aromatic rings. The van der Waals surface area contributed by atoms with Crippen LogP contribution in [-0.2, 0) is 13.5 Å². The van der Waals surface area contributed by atoms with Gasteiger partial charge < -0.3 is 15.0 Å². The van der Waals surface area contributed by atoms with E-state index in [1.165, 1.54) is 0 Å². The smallest absolute Gasteiger partial charge is 0.121 e. The number of aryl methyl sites for hydroxylation is 1. The molecule has 0 radical (unpaired) electrons. The summed E-state index contributed by atoms with van der Waals surface area (Å²) in [6, 6.07) is 6.15. The molecule has 0 saturated carbocycles. The summed E-state index contributed by atoms with van der Waals surface area (Å²) in [5, 5.41) is 0. The monoisotopic (exact) mass is 259 g/mol. The maximum Gasteiger partial charge on any atom is 0.121 e. The molecule has 2 N–H and O–H groups in total. The highest BCUT2D eigenvalue weighted by Gasteiger charge is 2.13. The van der Waals surface area contributed by atoms with Gasteiger partial charge in [0.1, 0.15) is 11.6 Å². The number of nitrogens with two attached hydrogens (primary N) is 1. The SMILES string of the molecule is COc1ccc(-c2nc(CCN)n(C)c2C)cc1C. The summed E-state index contributed by atoms with van der Waals surface area (Å²) >= 11 is 0. The molecule has 0 atom stereocenters. The number of nitrogens with zero attached hydrogens (tertiary/aromatic N) is 2. The average molecular weight is 259 g/mol. The highest BCUT2D eigenvalue weighted by atomic mass is 16.5. The summed E-state index contributed by atoms with van der Waals surface area (Å²) in [6.45, 7) is 4.74. The lowest BCUT2D eigenvalue weighted by Crippen LogP contribution is -2.08. The predicted molar refractivity (Wildman–Crippen MR) is 77.4 cm³/mol. The van der Waals surface area contributed by atoms with Gasteiger partial charge in [-0.15, -0.1) is 0 Å². The molecule has 4 heteroatoms.